The van der Waals surface area contributed by atoms with Gasteiger partial charge < -0.3 is 20.1 Å². The van der Waals surface area contributed by atoms with Crippen LogP contribution in [0.3, 0.4) is 0 Å². The Balaban J connectivity index is 2.00. The summed E-state index contributed by atoms with van der Waals surface area (Å²) in [6.45, 7) is 2.64. The number of aliphatic hydroxyl groups is 1. The number of benzene rings is 1. The normalized spacial score (nSPS) is 23.2. The molecule has 2 unspecified atom stereocenters. The Morgan fingerprint density at radius 3 is 2.84 bits per heavy atom. The average Bonchev–Trinajstić information content (AvgIpc) is 2.42. The van der Waals surface area contributed by atoms with Gasteiger partial charge in [0.1, 0.15) is 0 Å². The first-order valence-corrected chi connectivity index (χ1v) is 6.53. The molecule has 2 N–H and O–H groups in total. The number of carbonyl (C=O) groups excluding carboxylic acids is 1. The summed E-state index contributed by atoms with van der Waals surface area (Å²) in [5, 5.41) is 12.5. The van der Waals surface area contributed by atoms with Gasteiger partial charge in [0.25, 0.3) is 0 Å². The Morgan fingerprint density at radius 1 is 1.53 bits per heavy atom. The molecule has 0 aliphatic carbocycles. The second-order valence-electron chi connectivity index (χ2n) is 4.58. The fourth-order valence-corrected chi connectivity index (χ4v) is 2.07. The highest BCUT2D eigenvalue weighted by Crippen LogP contribution is 2.16. The van der Waals surface area contributed by atoms with Crippen LogP contribution in [0.25, 0.3) is 0 Å². The standard InChI is InChI=1S/C13H17ClN2O3/c1-9-8-19-12(7-17)6-16(9)13(18)15-11-4-2-10(14)3-5-11/h2-5,9,12,17H,6-8H2,1H3,(H,15,18). The minimum absolute atomic E-state index is 0.0184. The van der Waals surface area contributed by atoms with E-state index in [0.29, 0.717) is 23.9 Å². The molecule has 1 aromatic carbocycles. The minimum atomic E-state index is -0.313. The summed E-state index contributed by atoms with van der Waals surface area (Å²) >= 11 is 5.79. The second-order valence-corrected chi connectivity index (χ2v) is 5.01. The van der Waals surface area contributed by atoms with Crippen molar-refractivity contribution in [3.8, 4) is 0 Å². The molecular weight excluding hydrogens is 268 g/mol. The number of anilines is 1. The number of morpholine rings is 1. The highest BCUT2D eigenvalue weighted by Gasteiger charge is 2.29. The Morgan fingerprint density at radius 2 is 2.21 bits per heavy atom. The second kappa shape index (κ2) is 6.23. The predicted molar refractivity (Wildman–Crippen MR) is 73.5 cm³/mol. The number of nitrogens with zero attached hydrogens (tertiary/aromatic N) is 1. The first-order valence-electron chi connectivity index (χ1n) is 6.16. The summed E-state index contributed by atoms with van der Waals surface area (Å²) < 4.78 is 5.40. The molecule has 0 spiro atoms. The van der Waals surface area contributed by atoms with Gasteiger partial charge in [0, 0.05) is 10.7 Å². The van der Waals surface area contributed by atoms with Gasteiger partial charge in [0.2, 0.25) is 0 Å². The van der Waals surface area contributed by atoms with Crippen molar-refractivity contribution in [3.63, 3.8) is 0 Å². The third-order valence-corrected chi connectivity index (χ3v) is 3.32. The predicted octanol–water partition coefficient (Wildman–Crippen LogP) is 1.95. The monoisotopic (exact) mass is 284 g/mol. The van der Waals surface area contributed by atoms with E-state index in [4.69, 9.17) is 21.4 Å². The summed E-state index contributed by atoms with van der Waals surface area (Å²) in [6.07, 6.45) is -0.313. The number of aliphatic hydroxyl groups excluding tert-OH is 1. The topological polar surface area (TPSA) is 61.8 Å². The third kappa shape index (κ3) is 3.59. The number of urea groups is 1. The van der Waals surface area contributed by atoms with E-state index in [0.717, 1.165) is 0 Å². The SMILES string of the molecule is CC1COC(CO)CN1C(=O)Nc1ccc(Cl)cc1. The maximum Gasteiger partial charge on any atom is 0.322 e. The first-order chi connectivity index (χ1) is 9.10. The molecule has 1 fully saturated rings. The summed E-state index contributed by atoms with van der Waals surface area (Å²) in [5.41, 5.74) is 0.689. The van der Waals surface area contributed by atoms with Crippen molar-refractivity contribution in [1.29, 1.82) is 0 Å². The van der Waals surface area contributed by atoms with Crippen LogP contribution in [-0.4, -0.2) is 47.9 Å². The number of hydrogen-bond donors (Lipinski definition) is 2. The van der Waals surface area contributed by atoms with Crippen molar-refractivity contribution in [1.82, 2.24) is 4.90 Å². The molecule has 0 aromatic heterocycles. The molecular formula is C13H17ClN2O3. The molecule has 1 saturated heterocycles. The van der Waals surface area contributed by atoms with E-state index in [-0.39, 0.29) is 24.8 Å². The van der Waals surface area contributed by atoms with E-state index in [1.165, 1.54) is 0 Å². The smallest absolute Gasteiger partial charge is 0.322 e. The van der Waals surface area contributed by atoms with Crippen LogP contribution < -0.4 is 5.32 Å². The van der Waals surface area contributed by atoms with E-state index in [1.54, 1.807) is 29.2 Å². The lowest BCUT2D eigenvalue weighted by molar-refractivity contribution is -0.0611. The molecule has 1 heterocycles. The number of ether oxygens (including phenoxy) is 1. The zero-order chi connectivity index (χ0) is 13.8. The maximum atomic E-state index is 12.2. The van der Waals surface area contributed by atoms with Gasteiger partial charge in [-0.3, -0.25) is 0 Å². The number of hydrogen-bond acceptors (Lipinski definition) is 3. The van der Waals surface area contributed by atoms with Gasteiger partial charge in [0.05, 0.1) is 31.9 Å². The van der Waals surface area contributed by atoms with Gasteiger partial charge in [0.15, 0.2) is 0 Å². The van der Waals surface area contributed by atoms with E-state index in [2.05, 4.69) is 5.32 Å². The fourth-order valence-electron chi connectivity index (χ4n) is 1.94. The molecule has 1 aromatic rings. The van der Waals surface area contributed by atoms with Crippen molar-refractivity contribution in [2.75, 3.05) is 25.1 Å². The molecule has 0 saturated carbocycles. The van der Waals surface area contributed by atoms with Gasteiger partial charge >= 0.3 is 6.03 Å². The van der Waals surface area contributed by atoms with Crippen LogP contribution in [0.4, 0.5) is 10.5 Å². The van der Waals surface area contributed by atoms with E-state index < -0.39 is 0 Å². The summed E-state index contributed by atoms with van der Waals surface area (Å²) in [7, 11) is 0. The molecule has 2 amide bonds. The molecule has 1 aliphatic rings. The van der Waals surface area contributed by atoms with E-state index in [9.17, 15) is 4.79 Å². The molecule has 104 valence electrons. The molecule has 0 bridgehead atoms. The first kappa shape index (κ1) is 14.1. The van der Waals surface area contributed by atoms with Crippen molar-refractivity contribution in [2.24, 2.45) is 0 Å². The van der Waals surface area contributed by atoms with Gasteiger partial charge in [-0.15, -0.1) is 0 Å². The van der Waals surface area contributed by atoms with Gasteiger partial charge in [-0.05, 0) is 31.2 Å². The number of halogens is 1. The minimum Gasteiger partial charge on any atom is -0.394 e. The molecule has 5 nitrogen and oxygen atoms in total. The van der Waals surface area contributed by atoms with Crippen LogP contribution in [0, 0.1) is 0 Å². The fraction of sp³-hybridized carbons (Fsp3) is 0.462. The third-order valence-electron chi connectivity index (χ3n) is 3.07. The molecule has 2 atom stereocenters. The van der Waals surface area contributed by atoms with Crippen LogP contribution in [-0.2, 0) is 4.74 Å². The summed E-state index contributed by atoms with van der Waals surface area (Å²) in [5.74, 6) is 0. The Bertz CT molecular complexity index is 438. The highest BCUT2D eigenvalue weighted by atomic mass is 35.5. The molecule has 6 heteroatoms. The van der Waals surface area contributed by atoms with E-state index in [1.807, 2.05) is 6.92 Å². The number of amides is 2. The van der Waals surface area contributed by atoms with Crippen molar-refractivity contribution in [3.05, 3.63) is 29.3 Å². The molecule has 2 rings (SSSR count). The van der Waals surface area contributed by atoms with Gasteiger partial charge in [-0.2, -0.15) is 0 Å². The Kier molecular flexibility index (Phi) is 4.63. The zero-order valence-corrected chi connectivity index (χ0v) is 11.4. The molecule has 19 heavy (non-hydrogen) atoms. The van der Waals surface area contributed by atoms with E-state index >= 15 is 0 Å². The maximum absolute atomic E-state index is 12.2. The molecule has 0 radical (unpaired) electrons. The summed E-state index contributed by atoms with van der Waals surface area (Å²) in [4.78, 5) is 13.8. The van der Waals surface area contributed by atoms with Crippen LogP contribution in [0.15, 0.2) is 24.3 Å². The van der Waals surface area contributed by atoms with Crippen molar-refractivity contribution >= 4 is 23.3 Å². The van der Waals surface area contributed by atoms with Crippen LogP contribution in [0.5, 0.6) is 0 Å². The van der Waals surface area contributed by atoms with Crippen LogP contribution in [0.1, 0.15) is 6.92 Å². The van der Waals surface area contributed by atoms with Gasteiger partial charge in [-0.1, -0.05) is 11.6 Å². The highest BCUT2D eigenvalue weighted by molar-refractivity contribution is 6.30. The zero-order valence-electron chi connectivity index (χ0n) is 10.7. The Labute approximate surface area is 117 Å². The quantitative estimate of drug-likeness (QED) is 0.873. The largest absolute Gasteiger partial charge is 0.394 e. The van der Waals surface area contributed by atoms with Crippen molar-refractivity contribution < 1.29 is 14.6 Å². The lowest BCUT2D eigenvalue weighted by Gasteiger charge is -2.37. The number of carbonyl (C=O) groups is 1. The number of nitrogens with one attached hydrogen (secondary N) is 1. The molecule has 1 aliphatic heterocycles. The lowest BCUT2D eigenvalue weighted by atomic mass is 10.2. The van der Waals surface area contributed by atoms with Crippen LogP contribution in [0.2, 0.25) is 5.02 Å². The lowest BCUT2D eigenvalue weighted by Crippen LogP contribution is -2.53. The Hall–Kier alpha value is -1.30. The van der Waals surface area contributed by atoms with Gasteiger partial charge in [-0.25, -0.2) is 4.79 Å². The van der Waals surface area contributed by atoms with Crippen LogP contribution >= 0.6 is 11.6 Å². The number of rotatable bonds is 2. The summed E-state index contributed by atoms with van der Waals surface area (Å²) in [6, 6.07) is 6.71. The average molecular weight is 285 g/mol. The van der Waals surface area contributed by atoms with Crippen molar-refractivity contribution in [2.45, 2.75) is 19.1 Å².